The number of rotatable bonds is 9. The number of nitrogens with two attached hydrogens (primary N) is 1. The third kappa shape index (κ3) is 6.72. The van der Waals surface area contributed by atoms with Crippen LogP contribution in [0, 0.1) is 5.82 Å². The van der Waals surface area contributed by atoms with E-state index < -0.39 is 0 Å². The summed E-state index contributed by atoms with van der Waals surface area (Å²) in [6.45, 7) is 4.28. The standard InChI is InChI=1S/C28H29FN2O3/c1-19(2)8-15-23-26(33-3)16-11-21(28(23)34-18-20-9-13-22(29)14-10-20)12-17-27(32)31-25-7-5-4-6-24(25)30/h4-14,16-17H,15,18,30H2,1-3H3,(H,31,32)/b17-12+. The molecule has 3 rings (SSSR count). The highest BCUT2D eigenvalue weighted by atomic mass is 19.1. The number of halogens is 1. The molecule has 34 heavy (non-hydrogen) atoms. The van der Waals surface area contributed by atoms with E-state index in [0.29, 0.717) is 29.3 Å². The molecular weight excluding hydrogens is 431 g/mol. The number of allylic oxidation sites excluding steroid dienone is 2. The van der Waals surface area contributed by atoms with Gasteiger partial charge in [-0.3, -0.25) is 4.79 Å². The Bertz CT molecular complexity index is 1200. The SMILES string of the molecule is COc1ccc(/C=C/C(=O)Nc2ccccc2N)c(OCc2ccc(F)cc2)c1CC=C(C)C. The van der Waals surface area contributed by atoms with E-state index in [1.807, 2.05) is 26.0 Å². The van der Waals surface area contributed by atoms with Crippen molar-refractivity contribution in [3.8, 4) is 11.5 Å². The van der Waals surface area contributed by atoms with Gasteiger partial charge in [0.25, 0.3) is 0 Å². The number of methoxy groups -OCH3 is 1. The summed E-state index contributed by atoms with van der Waals surface area (Å²) in [6, 6.07) is 16.9. The van der Waals surface area contributed by atoms with Crippen LogP contribution in [0.3, 0.4) is 0 Å². The Morgan fingerprint density at radius 3 is 2.47 bits per heavy atom. The normalized spacial score (nSPS) is 10.7. The first-order valence-corrected chi connectivity index (χ1v) is 10.9. The Morgan fingerprint density at radius 2 is 1.79 bits per heavy atom. The monoisotopic (exact) mass is 460 g/mol. The Morgan fingerprint density at radius 1 is 1.06 bits per heavy atom. The molecule has 3 aromatic rings. The molecule has 0 saturated heterocycles. The first-order chi connectivity index (χ1) is 16.4. The zero-order valence-corrected chi connectivity index (χ0v) is 19.6. The third-order valence-corrected chi connectivity index (χ3v) is 5.11. The Kier molecular flexibility index (Phi) is 8.46. The molecule has 0 atom stereocenters. The Balaban J connectivity index is 1.92. The minimum Gasteiger partial charge on any atom is -0.496 e. The smallest absolute Gasteiger partial charge is 0.248 e. The van der Waals surface area contributed by atoms with Gasteiger partial charge in [0.15, 0.2) is 0 Å². The number of hydrogen-bond donors (Lipinski definition) is 2. The lowest BCUT2D eigenvalue weighted by atomic mass is 10.0. The second-order valence-electron chi connectivity index (χ2n) is 7.98. The summed E-state index contributed by atoms with van der Waals surface area (Å²) in [7, 11) is 1.61. The van der Waals surface area contributed by atoms with Gasteiger partial charge in [0.1, 0.15) is 23.9 Å². The van der Waals surface area contributed by atoms with E-state index in [0.717, 1.165) is 22.3 Å². The fraction of sp³-hybridized carbons (Fsp3) is 0.179. The fourth-order valence-corrected chi connectivity index (χ4v) is 3.31. The highest BCUT2D eigenvalue weighted by Crippen LogP contribution is 2.35. The van der Waals surface area contributed by atoms with Crippen LogP contribution < -0.4 is 20.5 Å². The molecule has 6 heteroatoms. The molecule has 0 bridgehead atoms. The van der Waals surface area contributed by atoms with Gasteiger partial charge in [-0.15, -0.1) is 0 Å². The van der Waals surface area contributed by atoms with Crippen molar-refractivity contribution in [3.63, 3.8) is 0 Å². The molecule has 0 saturated carbocycles. The molecule has 1 amide bonds. The molecule has 5 nitrogen and oxygen atoms in total. The predicted molar refractivity (Wildman–Crippen MR) is 135 cm³/mol. The molecule has 0 unspecified atom stereocenters. The van der Waals surface area contributed by atoms with E-state index >= 15 is 0 Å². The van der Waals surface area contributed by atoms with E-state index in [1.165, 1.54) is 18.2 Å². The largest absolute Gasteiger partial charge is 0.496 e. The summed E-state index contributed by atoms with van der Waals surface area (Å²) >= 11 is 0. The van der Waals surface area contributed by atoms with Crippen molar-refractivity contribution in [1.82, 2.24) is 0 Å². The third-order valence-electron chi connectivity index (χ3n) is 5.11. The Hall–Kier alpha value is -4.06. The molecule has 0 heterocycles. The molecule has 0 radical (unpaired) electrons. The molecule has 0 aliphatic heterocycles. The van der Waals surface area contributed by atoms with Crippen LogP contribution in [0.4, 0.5) is 15.8 Å². The molecule has 0 fully saturated rings. The summed E-state index contributed by atoms with van der Waals surface area (Å²) in [6.07, 6.45) is 5.81. The molecule has 0 aliphatic carbocycles. The summed E-state index contributed by atoms with van der Waals surface area (Å²) in [5.41, 5.74) is 10.5. The Labute approximate surface area is 199 Å². The summed E-state index contributed by atoms with van der Waals surface area (Å²) < 4.78 is 25.1. The number of hydrogen-bond acceptors (Lipinski definition) is 4. The summed E-state index contributed by atoms with van der Waals surface area (Å²) in [5, 5.41) is 2.78. The summed E-state index contributed by atoms with van der Waals surface area (Å²) in [5.74, 6) is 0.668. The quantitative estimate of drug-likeness (QED) is 0.228. The van der Waals surface area contributed by atoms with Crippen molar-refractivity contribution in [2.75, 3.05) is 18.2 Å². The van der Waals surface area contributed by atoms with Gasteiger partial charge in [-0.25, -0.2) is 4.39 Å². The minimum absolute atomic E-state index is 0.239. The molecule has 0 aromatic heterocycles. The molecule has 0 spiro atoms. The first kappa shape index (κ1) is 24.6. The first-order valence-electron chi connectivity index (χ1n) is 10.9. The van der Waals surface area contributed by atoms with Gasteiger partial charge < -0.3 is 20.5 Å². The van der Waals surface area contributed by atoms with Crippen LogP contribution in [0.1, 0.15) is 30.5 Å². The van der Waals surface area contributed by atoms with Crippen LogP contribution in [-0.4, -0.2) is 13.0 Å². The van der Waals surface area contributed by atoms with E-state index in [-0.39, 0.29) is 18.3 Å². The molecule has 3 aromatic carbocycles. The molecular formula is C28H29FN2O3. The van der Waals surface area contributed by atoms with E-state index in [4.69, 9.17) is 15.2 Å². The van der Waals surface area contributed by atoms with Crippen molar-refractivity contribution in [3.05, 3.63) is 101 Å². The zero-order chi connectivity index (χ0) is 24.5. The average molecular weight is 461 g/mol. The number of anilines is 2. The summed E-state index contributed by atoms with van der Waals surface area (Å²) in [4.78, 5) is 12.5. The molecule has 3 N–H and O–H groups in total. The van der Waals surface area contributed by atoms with Gasteiger partial charge in [0.05, 0.1) is 18.5 Å². The number of nitrogen functional groups attached to an aromatic ring is 1. The number of para-hydroxylation sites is 2. The maximum absolute atomic E-state index is 13.3. The van der Waals surface area contributed by atoms with Gasteiger partial charge in [-0.1, -0.05) is 35.9 Å². The van der Waals surface area contributed by atoms with Crippen molar-refractivity contribution in [2.24, 2.45) is 0 Å². The van der Waals surface area contributed by atoms with E-state index in [2.05, 4.69) is 11.4 Å². The maximum Gasteiger partial charge on any atom is 0.248 e. The van der Waals surface area contributed by atoms with Gasteiger partial charge >= 0.3 is 0 Å². The lowest BCUT2D eigenvalue weighted by Crippen LogP contribution is -2.09. The van der Waals surface area contributed by atoms with Crippen LogP contribution in [0.15, 0.2) is 78.4 Å². The van der Waals surface area contributed by atoms with Crippen LogP contribution in [0.2, 0.25) is 0 Å². The van der Waals surface area contributed by atoms with Crippen molar-refractivity contribution in [2.45, 2.75) is 26.9 Å². The topological polar surface area (TPSA) is 73.6 Å². The van der Waals surface area contributed by atoms with Crippen molar-refractivity contribution in [1.29, 1.82) is 0 Å². The second-order valence-corrected chi connectivity index (χ2v) is 7.98. The van der Waals surface area contributed by atoms with E-state index in [9.17, 15) is 9.18 Å². The van der Waals surface area contributed by atoms with E-state index in [1.54, 1.807) is 49.6 Å². The maximum atomic E-state index is 13.3. The minimum atomic E-state index is -0.316. The van der Waals surface area contributed by atoms with Crippen molar-refractivity contribution >= 4 is 23.4 Å². The number of amides is 1. The molecule has 0 aliphatic rings. The van der Waals surface area contributed by atoms with Gasteiger partial charge in [-0.2, -0.15) is 0 Å². The number of nitrogens with one attached hydrogen (secondary N) is 1. The number of carbonyl (C=O) groups excluding carboxylic acids is 1. The van der Waals surface area contributed by atoms with Crippen molar-refractivity contribution < 1.29 is 18.7 Å². The fourth-order valence-electron chi connectivity index (χ4n) is 3.31. The van der Waals surface area contributed by atoms with Crippen LogP contribution >= 0.6 is 0 Å². The highest BCUT2D eigenvalue weighted by Gasteiger charge is 2.15. The van der Waals surface area contributed by atoms with Crippen LogP contribution in [0.5, 0.6) is 11.5 Å². The number of ether oxygens (including phenoxy) is 2. The average Bonchev–Trinajstić information content (AvgIpc) is 2.82. The zero-order valence-electron chi connectivity index (χ0n) is 19.6. The van der Waals surface area contributed by atoms with Gasteiger partial charge in [0.2, 0.25) is 5.91 Å². The van der Waals surface area contributed by atoms with Gasteiger partial charge in [-0.05, 0) is 68.3 Å². The van der Waals surface area contributed by atoms with Gasteiger partial charge in [0, 0.05) is 17.2 Å². The number of carbonyl (C=O) groups is 1. The predicted octanol–water partition coefficient (Wildman–Crippen LogP) is 6.16. The number of benzene rings is 3. The lowest BCUT2D eigenvalue weighted by molar-refractivity contribution is -0.111. The van der Waals surface area contributed by atoms with Crippen LogP contribution in [0.25, 0.3) is 6.08 Å². The second kappa shape index (κ2) is 11.7. The lowest BCUT2D eigenvalue weighted by Gasteiger charge is -2.17. The highest BCUT2D eigenvalue weighted by molar-refractivity contribution is 6.03. The van der Waals surface area contributed by atoms with Crippen LogP contribution in [-0.2, 0) is 17.8 Å². The molecule has 176 valence electrons.